The third-order valence-electron chi connectivity index (χ3n) is 4.02. The van der Waals surface area contributed by atoms with E-state index >= 15 is 0 Å². The van der Waals surface area contributed by atoms with Gasteiger partial charge in [0.25, 0.3) is 5.56 Å². The molecule has 0 atom stereocenters. The molecule has 0 aliphatic rings. The quantitative estimate of drug-likeness (QED) is 0.387. The fourth-order valence-electron chi connectivity index (χ4n) is 2.65. The van der Waals surface area contributed by atoms with Crippen molar-refractivity contribution >= 4 is 61.9 Å². The summed E-state index contributed by atoms with van der Waals surface area (Å²) in [5.74, 6) is -0.469. The Hall–Kier alpha value is -2.17. The van der Waals surface area contributed by atoms with Crippen LogP contribution in [-0.2, 0) is 17.8 Å². The van der Waals surface area contributed by atoms with Crippen LogP contribution in [0.15, 0.2) is 50.1 Å². The Kier molecular flexibility index (Phi) is 7.45. The van der Waals surface area contributed by atoms with Gasteiger partial charge in [0.1, 0.15) is 0 Å². The average Bonchev–Trinajstić information content (AvgIpc) is 3.20. The molecule has 2 aromatic heterocycles. The number of hydrogen-bond donors (Lipinski definition) is 2. The van der Waals surface area contributed by atoms with Crippen molar-refractivity contribution in [1.82, 2.24) is 20.2 Å². The highest BCUT2D eigenvalue weighted by Gasteiger charge is 2.14. The van der Waals surface area contributed by atoms with Gasteiger partial charge in [-0.1, -0.05) is 33.8 Å². The molecular formula is C19H19BrN4O3S2. The Morgan fingerprint density at radius 1 is 1.31 bits per heavy atom. The Bertz CT molecular complexity index is 1080. The van der Waals surface area contributed by atoms with Crippen LogP contribution in [0.1, 0.15) is 11.8 Å². The zero-order chi connectivity index (χ0) is 20.8. The summed E-state index contributed by atoms with van der Waals surface area (Å²) in [5, 5.41) is 7.90. The van der Waals surface area contributed by atoms with E-state index in [0.29, 0.717) is 35.6 Å². The minimum absolute atomic E-state index is 0.0210. The van der Waals surface area contributed by atoms with Crippen molar-refractivity contribution in [2.24, 2.45) is 0 Å². The minimum atomic E-state index is -0.531. The van der Waals surface area contributed by atoms with Gasteiger partial charge < -0.3 is 5.32 Å². The van der Waals surface area contributed by atoms with Crippen LogP contribution >= 0.6 is 39.0 Å². The van der Waals surface area contributed by atoms with Crippen molar-refractivity contribution in [3.8, 4) is 0 Å². The minimum Gasteiger partial charge on any atom is -0.337 e. The molecule has 0 saturated carbocycles. The number of aromatic nitrogens is 2. The molecule has 29 heavy (non-hydrogen) atoms. The number of rotatable bonds is 7. The predicted molar refractivity (Wildman–Crippen MR) is 120 cm³/mol. The molecule has 1 aromatic carbocycles. The van der Waals surface area contributed by atoms with Gasteiger partial charge >= 0.3 is 6.03 Å². The fourth-order valence-corrected chi connectivity index (χ4v) is 4.59. The highest BCUT2D eigenvalue weighted by molar-refractivity contribution is 9.10. The van der Waals surface area contributed by atoms with Crippen LogP contribution < -0.4 is 16.2 Å². The van der Waals surface area contributed by atoms with E-state index in [1.807, 2.05) is 30.5 Å². The van der Waals surface area contributed by atoms with Crippen LogP contribution in [-0.4, -0.2) is 33.8 Å². The summed E-state index contributed by atoms with van der Waals surface area (Å²) < 4.78 is 2.32. The Labute approximate surface area is 184 Å². The lowest BCUT2D eigenvalue weighted by molar-refractivity contribution is -0.117. The zero-order valence-corrected chi connectivity index (χ0v) is 18.8. The highest BCUT2D eigenvalue weighted by atomic mass is 79.9. The Morgan fingerprint density at radius 3 is 2.86 bits per heavy atom. The summed E-state index contributed by atoms with van der Waals surface area (Å²) in [7, 11) is 0. The number of fused-ring (bicyclic) bond motifs is 1. The molecule has 3 amide bonds. The summed E-state index contributed by atoms with van der Waals surface area (Å²) in [6.07, 6.45) is 0.716. The van der Waals surface area contributed by atoms with Gasteiger partial charge in [-0.2, -0.15) is 0 Å². The third-order valence-corrected chi connectivity index (χ3v) is 6.43. The molecule has 10 heteroatoms. The Morgan fingerprint density at radius 2 is 2.14 bits per heavy atom. The van der Waals surface area contributed by atoms with E-state index in [-0.39, 0.29) is 11.3 Å². The molecular weight excluding hydrogens is 476 g/mol. The summed E-state index contributed by atoms with van der Waals surface area (Å²) >= 11 is 6.11. The van der Waals surface area contributed by atoms with Crippen LogP contribution in [0.4, 0.5) is 4.79 Å². The molecule has 0 fully saturated rings. The number of halogens is 1. The van der Waals surface area contributed by atoms with Gasteiger partial charge in [0.15, 0.2) is 5.16 Å². The highest BCUT2D eigenvalue weighted by Crippen LogP contribution is 2.20. The summed E-state index contributed by atoms with van der Waals surface area (Å²) in [5.41, 5.74) is 0.408. The Balaban J connectivity index is 1.58. The zero-order valence-electron chi connectivity index (χ0n) is 15.6. The molecule has 2 N–H and O–H groups in total. The number of hydrogen-bond acceptors (Lipinski definition) is 6. The lowest BCUT2D eigenvalue weighted by atomic mass is 10.2. The van der Waals surface area contributed by atoms with Gasteiger partial charge in [-0.25, -0.2) is 9.78 Å². The van der Waals surface area contributed by atoms with E-state index in [0.717, 1.165) is 16.2 Å². The summed E-state index contributed by atoms with van der Waals surface area (Å²) in [6.45, 7) is 2.73. The van der Waals surface area contributed by atoms with Crippen molar-refractivity contribution in [3.63, 3.8) is 0 Å². The van der Waals surface area contributed by atoms with Crippen LogP contribution in [0.5, 0.6) is 0 Å². The second kappa shape index (κ2) is 10.0. The lowest BCUT2D eigenvalue weighted by Crippen LogP contribution is -2.41. The van der Waals surface area contributed by atoms with Crippen molar-refractivity contribution < 1.29 is 9.59 Å². The van der Waals surface area contributed by atoms with E-state index in [2.05, 4.69) is 31.5 Å². The number of thioether (sulfide) groups is 1. The number of benzene rings is 1. The maximum absolute atomic E-state index is 12.7. The lowest BCUT2D eigenvalue weighted by Gasteiger charge is -2.11. The smallest absolute Gasteiger partial charge is 0.321 e. The molecule has 0 saturated heterocycles. The first-order valence-electron chi connectivity index (χ1n) is 8.91. The maximum atomic E-state index is 12.7. The van der Waals surface area contributed by atoms with Gasteiger partial charge in [0, 0.05) is 22.4 Å². The number of imide groups is 1. The van der Waals surface area contributed by atoms with Crippen molar-refractivity contribution in [1.29, 1.82) is 0 Å². The van der Waals surface area contributed by atoms with E-state index < -0.39 is 11.9 Å². The van der Waals surface area contributed by atoms with Gasteiger partial charge in [-0.15, -0.1) is 11.3 Å². The number of nitrogens with one attached hydrogen (secondary N) is 2. The van der Waals surface area contributed by atoms with Gasteiger partial charge in [-0.05, 0) is 43.0 Å². The largest absolute Gasteiger partial charge is 0.337 e. The number of thiophene rings is 1. The first kappa shape index (κ1) is 21.5. The number of carbonyl (C=O) groups is 2. The molecule has 0 radical (unpaired) electrons. The standard InChI is InChI=1S/C19H19BrN4O3S2/c1-2-24-17(26)14-10-12(20)5-6-15(14)22-19(24)29-11-16(25)23-18(27)21-8-7-13-4-3-9-28-13/h3-6,9-10H,2,7-8,11H2,1H3,(H2,21,23,25,27). The third kappa shape index (κ3) is 5.68. The van der Waals surface area contributed by atoms with Gasteiger partial charge in [0.05, 0.1) is 16.7 Å². The van der Waals surface area contributed by atoms with Gasteiger partial charge in [-0.3, -0.25) is 19.5 Å². The van der Waals surface area contributed by atoms with Crippen LogP contribution in [0.3, 0.4) is 0 Å². The first-order chi connectivity index (χ1) is 14.0. The molecule has 0 bridgehead atoms. The summed E-state index contributed by atoms with van der Waals surface area (Å²) in [6, 6.07) is 8.72. The number of amides is 3. The number of urea groups is 1. The van der Waals surface area contributed by atoms with Gasteiger partial charge in [0.2, 0.25) is 5.91 Å². The van der Waals surface area contributed by atoms with Crippen LogP contribution in [0, 0.1) is 0 Å². The van der Waals surface area contributed by atoms with Crippen molar-refractivity contribution in [3.05, 3.63) is 55.4 Å². The van der Waals surface area contributed by atoms with E-state index in [1.54, 1.807) is 23.5 Å². The molecule has 2 heterocycles. The SMILES string of the molecule is CCn1c(SCC(=O)NC(=O)NCCc2cccs2)nc2ccc(Br)cc2c1=O. The van der Waals surface area contributed by atoms with E-state index in [9.17, 15) is 14.4 Å². The van der Waals surface area contributed by atoms with E-state index in [4.69, 9.17) is 0 Å². The maximum Gasteiger partial charge on any atom is 0.321 e. The summed E-state index contributed by atoms with van der Waals surface area (Å²) in [4.78, 5) is 42.3. The topological polar surface area (TPSA) is 93.1 Å². The molecule has 0 aliphatic carbocycles. The van der Waals surface area contributed by atoms with Crippen molar-refractivity contribution in [2.45, 2.75) is 25.0 Å². The predicted octanol–water partition coefficient (Wildman–Crippen LogP) is 3.40. The number of nitrogens with zero attached hydrogens (tertiary/aromatic N) is 2. The average molecular weight is 495 g/mol. The second-order valence-corrected chi connectivity index (χ2v) is 8.92. The second-order valence-electron chi connectivity index (χ2n) is 6.03. The molecule has 0 aliphatic heterocycles. The fraction of sp³-hybridized carbons (Fsp3) is 0.263. The molecule has 3 rings (SSSR count). The normalized spacial score (nSPS) is 10.8. The molecule has 7 nitrogen and oxygen atoms in total. The molecule has 0 spiro atoms. The van der Waals surface area contributed by atoms with E-state index in [1.165, 1.54) is 9.44 Å². The molecule has 3 aromatic rings. The number of carbonyl (C=O) groups excluding carboxylic acids is 2. The van der Waals surface area contributed by atoms with Crippen molar-refractivity contribution in [2.75, 3.05) is 12.3 Å². The molecule has 152 valence electrons. The first-order valence-corrected chi connectivity index (χ1v) is 11.6. The van der Waals surface area contributed by atoms with Crippen LogP contribution in [0.2, 0.25) is 0 Å². The molecule has 0 unspecified atom stereocenters. The van der Waals surface area contributed by atoms with Crippen LogP contribution in [0.25, 0.3) is 10.9 Å². The monoisotopic (exact) mass is 494 g/mol.